The molecule has 0 fully saturated rings. The topological polar surface area (TPSA) is 26.3 Å². The lowest BCUT2D eigenvalue weighted by Gasteiger charge is -2.11. The van der Waals surface area contributed by atoms with Crippen LogP contribution in [0.15, 0.2) is 23.8 Å². The third-order valence-corrected chi connectivity index (χ3v) is 2.59. The minimum absolute atomic E-state index is 0.261. The molecule has 0 aromatic heterocycles. The fraction of sp³-hybridized carbons (Fsp3) is 0.400. The molecule has 0 radical (unpaired) electrons. The molecule has 0 spiro atoms. The molecule has 1 rings (SSSR count). The summed E-state index contributed by atoms with van der Waals surface area (Å²) >= 11 is 8.26. The summed E-state index contributed by atoms with van der Waals surface area (Å²) in [6.07, 6.45) is 6.57. The Kier molecular flexibility index (Phi) is 4.48. The molecule has 1 aliphatic rings. The number of ether oxygens (including phenoxy) is 1. The molecule has 0 saturated heterocycles. The monoisotopic (exact) mass is 274 g/mol. The maximum absolute atomic E-state index is 11.1. The maximum Gasteiger partial charge on any atom is 0.319 e. The van der Waals surface area contributed by atoms with Gasteiger partial charge in [0.1, 0.15) is 11.4 Å². The highest BCUT2D eigenvalue weighted by atomic mass is 79.9. The van der Waals surface area contributed by atoms with E-state index in [1.54, 1.807) is 6.92 Å². The molecule has 4 heteroatoms. The van der Waals surface area contributed by atoms with Crippen molar-refractivity contribution in [1.29, 1.82) is 0 Å². The Labute approximate surface area is 97.1 Å². The highest BCUT2D eigenvalue weighted by Gasteiger charge is 2.13. The van der Waals surface area contributed by atoms with Gasteiger partial charge >= 0.3 is 5.97 Å². The van der Waals surface area contributed by atoms with Crippen molar-refractivity contribution in [3.63, 3.8) is 0 Å². The molecule has 0 aromatic rings. The second-order valence-corrected chi connectivity index (χ2v) is 4.84. The number of carbonyl (C=O) groups is 1. The molecule has 1 atom stereocenters. The van der Waals surface area contributed by atoms with E-state index in [9.17, 15) is 4.79 Å². The quantitative estimate of drug-likeness (QED) is 0.450. The van der Waals surface area contributed by atoms with E-state index in [1.807, 2.05) is 18.2 Å². The first-order valence-electron chi connectivity index (χ1n) is 4.31. The highest BCUT2D eigenvalue weighted by Crippen LogP contribution is 2.11. The second kappa shape index (κ2) is 5.41. The van der Waals surface area contributed by atoms with Crippen LogP contribution in [0.3, 0.4) is 0 Å². The van der Waals surface area contributed by atoms with Crippen LogP contribution in [0, 0.1) is 0 Å². The van der Waals surface area contributed by atoms with Crippen LogP contribution in [0.5, 0.6) is 0 Å². The van der Waals surface area contributed by atoms with Gasteiger partial charge in [0, 0.05) is 16.9 Å². The Morgan fingerprint density at radius 3 is 3.07 bits per heavy atom. The molecule has 14 heavy (non-hydrogen) atoms. The number of hydrogen-bond donors (Lipinski definition) is 0. The van der Waals surface area contributed by atoms with Crippen molar-refractivity contribution in [2.24, 2.45) is 0 Å². The van der Waals surface area contributed by atoms with Crippen LogP contribution in [0.25, 0.3) is 0 Å². The smallest absolute Gasteiger partial charge is 0.319 e. The first kappa shape index (κ1) is 11.6. The van der Waals surface area contributed by atoms with Crippen LogP contribution < -0.4 is 0 Å². The van der Waals surface area contributed by atoms with Crippen LogP contribution in [0.1, 0.15) is 13.3 Å². The zero-order chi connectivity index (χ0) is 10.6. The van der Waals surface area contributed by atoms with Gasteiger partial charge in [-0.3, -0.25) is 4.79 Å². The molecule has 0 amide bonds. The van der Waals surface area contributed by atoms with Crippen molar-refractivity contribution in [3.8, 4) is 0 Å². The lowest BCUT2D eigenvalue weighted by molar-refractivity contribution is -0.141. The third kappa shape index (κ3) is 3.35. The maximum atomic E-state index is 11.1. The molecule has 0 heterocycles. The zero-order valence-electron chi connectivity index (χ0n) is 7.83. The number of rotatable bonds is 3. The Balaban J connectivity index is 2.45. The first-order valence-corrected chi connectivity index (χ1v) is 5.63. The van der Waals surface area contributed by atoms with Crippen molar-refractivity contribution in [2.75, 3.05) is 6.61 Å². The average Bonchev–Trinajstić information content (AvgIpc) is 2.16. The third-order valence-electron chi connectivity index (χ3n) is 1.79. The molecule has 0 N–H and O–H groups in total. The van der Waals surface area contributed by atoms with Crippen molar-refractivity contribution >= 4 is 39.0 Å². The van der Waals surface area contributed by atoms with Crippen molar-refractivity contribution < 1.29 is 9.53 Å². The first-order chi connectivity index (χ1) is 6.61. The van der Waals surface area contributed by atoms with Crippen molar-refractivity contribution in [3.05, 3.63) is 23.8 Å². The van der Waals surface area contributed by atoms with Crippen LogP contribution in [0.4, 0.5) is 0 Å². The SMILES string of the molecule is CC(Br)C(=O)OCC1=CC=CCC1=S. The Bertz CT molecular complexity index is 305. The van der Waals surface area contributed by atoms with E-state index in [-0.39, 0.29) is 17.4 Å². The second-order valence-electron chi connectivity index (χ2n) is 2.97. The summed E-state index contributed by atoms with van der Waals surface area (Å²) in [7, 11) is 0. The lowest BCUT2D eigenvalue weighted by atomic mass is 10.1. The van der Waals surface area contributed by atoms with Crippen molar-refractivity contribution in [2.45, 2.75) is 18.2 Å². The van der Waals surface area contributed by atoms with Crippen LogP contribution >= 0.6 is 28.1 Å². The summed E-state index contributed by atoms with van der Waals surface area (Å²) in [4.78, 5) is 11.7. The van der Waals surface area contributed by atoms with Gasteiger partial charge in [-0.2, -0.15) is 0 Å². The molecule has 1 unspecified atom stereocenters. The average molecular weight is 275 g/mol. The molecular weight excluding hydrogens is 264 g/mol. The predicted octanol–water partition coefficient (Wildman–Crippen LogP) is 2.57. The number of esters is 1. The summed E-state index contributed by atoms with van der Waals surface area (Å²) in [5.74, 6) is -0.261. The van der Waals surface area contributed by atoms with E-state index >= 15 is 0 Å². The Hall–Kier alpha value is -0.480. The van der Waals surface area contributed by atoms with Gasteiger partial charge in [0.15, 0.2) is 0 Å². The van der Waals surface area contributed by atoms with Gasteiger partial charge in [-0.05, 0) is 6.92 Å². The fourth-order valence-electron chi connectivity index (χ4n) is 0.976. The van der Waals surface area contributed by atoms with Gasteiger partial charge in [-0.1, -0.05) is 46.4 Å². The van der Waals surface area contributed by atoms with Gasteiger partial charge in [-0.15, -0.1) is 0 Å². The molecule has 0 saturated carbocycles. The van der Waals surface area contributed by atoms with Crippen LogP contribution in [-0.4, -0.2) is 22.3 Å². The summed E-state index contributed by atoms with van der Waals surface area (Å²) in [6.45, 7) is 2.01. The van der Waals surface area contributed by atoms with Crippen LogP contribution in [-0.2, 0) is 9.53 Å². The van der Waals surface area contributed by atoms with E-state index in [0.29, 0.717) is 0 Å². The molecule has 0 aromatic carbocycles. The number of carbonyl (C=O) groups excluding carboxylic acids is 1. The number of hydrogen-bond acceptors (Lipinski definition) is 3. The van der Waals surface area contributed by atoms with Gasteiger partial charge < -0.3 is 4.74 Å². The summed E-state index contributed by atoms with van der Waals surface area (Å²) in [6, 6.07) is 0. The van der Waals surface area contributed by atoms with Gasteiger partial charge in [0.2, 0.25) is 0 Å². The summed E-state index contributed by atoms with van der Waals surface area (Å²) in [5, 5.41) is 0. The molecule has 76 valence electrons. The zero-order valence-corrected chi connectivity index (χ0v) is 10.2. The molecular formula is C10H11BrO2S. The van der Waals surface area contributed by atoms with Crippen LogP contribution in [0.2, 0.25) is 0 Å². The lowest BCUT2D eigenvalue weighted by Crippen LogP contribution is -2.18. The number of thiocarbonyl (C=S) groups is 1. The molecule has 0 bridgehead atoms. The fourth-order valence-corrected chi connectivity index (χ4v) is 1.33. The Morgan fingerprint density at radius 1 is 1.79 bits per heavy atom. The van der Waals surface area contributed by atoms with E-state index in [0.717, 1.165) is 16.9 Å². The number of allylic oxidation sites excluding steroid dienone is 3. The summed E-state index contributed by atoms with van der Waals surface area (Å²) < 4.78 is 5.04. The largest absolute Gasteiger partial charge is 0.460 e. The standard InChI is InChI=1S/C10H11BrO2S/c1-7(11)10(12)13-6-8-4-2-3-5-9(8)14/h2-4,7H,5-6H2,1H3. The normalized spacial score (nSPS) is 17.6. The highest BCUT2D eigenvalue weighted by molar-refractivity contribution is 9.10. The van der Waals surface area contributed by atoms with Crippen molar-refractivity contribution in [1.82, 2.24) is 0 Å². The van der Waals surface area contributed by atoms with E-state index in [1.165, 1.54) is 0 Å². The molecule has 2 nitrogen and oxygen atoms in total. The van der Waals surface area contributed by atoms with Gasteiger partial charge in [-0.25, -0.2) is 0 Å². The molecule has 1 aliphatic carbocycles. The Morgan fingerprint density at radius 2 is 2.50 bits per heavy atom. The summed E-state index contributed by atoms with van der Waals surface area (Å²) in [5.41, 5.74) is 0.920. The minimum Gasteiger partial charge on any atom is -0.460 e. The van der Waals surface area contributed by atoms with E-state index < -0.39 is 0 Å². The number of halogens is 1. The van der Waals surface area contributed by atoms with E-state index in [4.69, 9.17) is 17.0 Å². The minimum atomic E-state index is -0.268. The van der Waals surface area contributed by atoms with Gasteiger partial charge in [0.25, 0.3) is 0 Å². The van der Waals surface area contributed by atoms with E-state index in [2.05, 4.69) is 15.9 Å². The predicted molar refractivity (Wildman–Crippen MR) is 63.8 cm³/mol. The number of alkyl halides is 1. The van der Waals surface area contributed by atoms with Gasteiger partial charge in [0.05, 0.1) is 0 Å². The molecule has 0 aliphatic heterocycles.